The van der Waals surface area contributed by atoms with Crippen molar-refractivity contribution in [2.75, 3.05) is 0 Å². The first-order chi connectivity index (χ1) is 15.6. The van der Waals surface area contributed by atoms with Gasteiger partial charge in [0.1, 0.15) is 6.54 Å². The Labute approximate surface area is 183 Å². The fourth-order valence-corrected chi connectivity index (χ4v) is 3.70. The van der Waals surface area contributed by atoms with Gasteiger partial charge in [0.05, 0.1) is 17.4 Å². The van der Waals surface area contributed by atoms with E-state index in [4.69, 9.17) is 4.52 Å². The highest BCUT2D eigenvalue weighted by Crippen LogP contribution is 2.15. The Kier molecular flexibility index (Phi) is 4.99. The van der Waals surface area contributed by atoms with Crippen LogP contribution in [0.3, 0.4) is 0 Å². The van der Waals surface area contributed by atoms with Crippen LogP contribution in [0.2, 0.25) is 0 Å². The van der Waals surface area contributed by atoms with E-state index in [0.717, 1.165) is 21.3 Å². The summed E-state index contributed by atoms with van der Waals surface area (Å²) in [6.45, 7) is 2.26. The van der Waals surface area contributed by atoms with Gasteiger partial charge in [-0.1, -0.05) is 77.5 Å². The van der Waals surface area contributed by atoms with Crippen LogP contribution in [0.25, 0.3) is 22.3 Å². The number of nitrogens with zero attached hydrogens (tertiary/aromatic N) is 4. The molecule has 0 saturated heterocycles. The first-order valence-electron chi connectivity index (χ1n) is 10.3. The molecule has 5 rings (SSSR count). The molecule has 0 amide bonds. The third-order valence-corrected chi connectivity index (χ3v) is 5.39. The van der Waals surface area contributed by atoms with Gasteiger partial charge in [-0.3, -0.25) is 13.9 Å². The van der Waals surface area contributed by atoms with Crippen molar-refractivity contribution in [3.8, 4) is 11.4 Å². The van der Waals surface area contributed by atoms with Gasteiger partial charge in [-0.25, -0.2) is 4.79 Å². The first kappa shape index (κ1) is 19.7. The van der Waals surface area contributed by atoms with E-state index >= 15 is 0 Å². The van der Waals surface area contributed by atoms with Gasteiger partial charge in [0, 0.05) is 5.56 Å². The van der Waals surface area contributed by atoms with Gasteiger partial charge in [0.15, 0.2) is 0 Å². The van der Waals surface area contributed by atoms with E-state index in [-0.39, 0.29) is 18.0 Å². The molecule has 0 radical (unpaired) electrons. The molecule has 158 valence electrons. The van der Waals surface area contributed by atoms with Crippen molar-refractivity contribution in [1.82, 2.24) is 19.3 Å². The molecule has 0 aliphatic carbocycles. The number of rotatable bonds is 5. The summed E-state index contributed by atoms with van der Waals surface area (Å²) in [5, 5.41) is 4.45. The van der Waals surface area contributed by atoms with Gasteiger partial charge in [0.25, 0.3) is 5.56 Å². The van der Waals surface area contributed by atoms with Crippen molar-refractivity contribution in [2.45, 2.75) is 20.0 Å². The molecule has 0 spiro atoms. The molecule has 0 atom stereocenters. The van der Waals surface area contributed by atoms with E-state index in [9.17, 15) is 9.59 Å². The molecule has 2 heterocycles. The minimum atomic E-state index is -0.422. The molecule has 0 bridgehead atoms. The predicted molar refractivity (Wildman–Crippen MR) is 122 cm³/mol. The molecule has 7 nitrogen and oxygen atoms in total. The Balaban J connectivity index is 1.59. The van der Waals surface area contributed by atoms with Crippen LogP contribution >= 0.6 is 0 Å². The number of aromatic nitrogens is 4. The Morgan fingerprint density at radius 2 is 1.53 bits per heavy atom. The van der Waals surface area contributed by atoms with Crippen LogP contribution in [0, 0.1) is 6.92 Å². The van der Waals surface area contributed by atoms with Gasteiger partial charge in [-0.05, 0) is 24.6 Å². The highest BCUT2D eigenvalue weighted by Gasteiger charge is 2.16. The molecule has 32 heavy (non-hydrogen) atoms. The lowest BCUT2D eigenvalue weighted by molar-refractivity contribution is 0.367. The SMILES string of the molecule is Cc1ccc(Cn2c(=O)n(Cc3nc(-c4ccccc4)no3)c(=O)c3ccccc32)cc1. The molecule has 3 aromatic carbocycles. The number of para-hydroxylation sites is 1. The lowest BCUT2D eigenvalue weighted by Crippen LogP contribution is -2.40. The maximum Gasteiger partial charge on any atom is 0.332 e. The quantitative estimate of drug-likeness (QED) is 0.430. The Morgan fingerprint density at radius 1 is 0.812 bits per heavy atom. The summed E-state index contributed by atoms with van der Waals surface area (Å²) in [7, 11) is 0. The van der Waals surface area contributed by atoms with Gasteiger partial charge >= 0.3 is 5.69 Å². The van der Waals surface area contributed by atoms with E-state index in [1.807, 2.05) is 67.6 Å². The van der Waals surface area contributed by atoms with E-state index in [0.29, 0.717) is 23.3 Å². The molecule has 0 unspecified atom stereocenters. The highest BCUT2D eigenvalue weighted by atomic mass is 16.5. The van der Waals surface area contributed by atoms with Gasteiger partial charge in [-0.15, -0.1) is 0 Å². The molecule has 0 aliphatic heterocycles. The Bertz CT molecular complexity index is 1510. The first-order valence-corrected chi connectivity index (χ1v) is 10.3. The summed E-state index contributed by atoms with van der Waals surface area (Å²) in [4.78, 5) is 30.9. The molecule has 2 aromatic heterocycles. The van der Waals surface area contributed by atoms with Crippen LogP contribution in [0.4, 0.5) is 0 Å². The van der Waals surface area contributed by atoms with Gasteiger partial charge in [0.2, 0.25) is 11.7 Å². The zero-order valence-corrected chi connectivity index (χ0v) is 17.4. The van der Waals surface area contributed by atoms with E-state index in [1.165, 1.54) is 0 Å². The zero-order valence-electron chi connectivity index (χ0n) is 17.4. The van der Waals surface area contributed by atoms with Crippen molar-refractivity contribution in [3.05, 3.63) is 117 Å². The van der Waals surface area contributed by atoms with Crippen molar-refractivity contribution >= 4 is 10.9 Å². The van der Waals surface area contributed by atoms with Crippen LogP contribution in [0.1, 0.15) is 17.0 Å². The maximum absolute atomic E-state index is 13.4. The second kappa shape index (κ2) is 8.11. The van der Waals surface area contributed by atoms with E-state index in [2.05, 4.69) is 10.1 Å². The number of fused-ring (bicyclic) bond motifs is 1. The van der Waals surface area contributed by atoms with Crippen LogP contribution < -0.4 is 11.2 Å². The molecule has 0 fully saturated rings. The van der Waals surface area contributed by atoms with Gasteiger partial charge < -0.3 is 4.52 Å². The maximum atomic E-state index is 13.4. The lowest BCUT2D eigenvalue weighted by Gasteiger charge is -2.13. The summed E-state index contributed by atoms with van der Waals surface area (Å²) in [5.74, 6) is 0.606. The molecule has 7 heteroatoms. The van der Waals surface area contributed by atoms with Crippen LogP contribution in [-0.2, 0) is 13.1 Å². The normalized spacial score (nSPS) is 11.2. The zero-order chi connectivity index (χ0) is 22.1. The summed E-state index contributed by atoms with van der Waals surface area (Å²) < 4.78 is 8.11. The number of hydrogen-bond donors (Lipinski definition) is 0. The monoisotopic (exact) mass is 424 g/mol. The average Bonchev–Trinajstić information content (AvgIpc) is 3.30. The third kappa shape index (κ3) is 3.65. The molecule has 0 saturated carbocycles. The van der Waals surface area contributed by atoms with Crippen molar-refractivity contribution in [2.24, 2.45) is 0 Å². The highest BCUT2D eigenvalue weighted by molar-refractivity contribution is 5.77. The smallest absolute Gasteiger partial charge is 0.332 e. The minimum Gasteiger partial charge on any atom is -0.337 e. The summed E-state index contributed by atoms with van der Waals surface area (Å²) in [5.41, 5.74) is 2.69. The summed E-state index contributed by atoms with van der Waals surface area (Å²) >= 11 is 0. The fraction of sp³-hybridized carbons (Fsp3) is 0.120. The molecule has 5 aromatic rings. The van der Waals surface area contributed by atoms with Crippen molar-refractivity contribution < 1.29 is 4.52 Å². The largest absolute Gasteiger partial charge is 0.337 e. The molecule has 0 N–H and O–H groups in total. The van der Waals surface area contributed by atoms with Crippen LogP contribution in [0.5, 0.6) is 0 Å². The standard InChI is InChI=1S/C25H20N4O3/c1-17-11-13-18(14-12-17)15-28-21-10-6-5-9-20(21)24(30)29(25(28)31)16-22-26-23(27-32-22)19-7-3-2-4-8-19/h2-14H,15-16H2,1H3. The van der Waals surface area contributed by atoms with Crippen molar-refractivity contribution in [1.29, 1.82) is 0 Å². The second-order valence-corrected chi connectivity index (χ2v) is 7.64. The number of benzene rings is 3. The Hall–Kier alpha value is -4.26. The van der Waals surface area contributed by atoms with Crippen molar-refractivity contribution in [3.63, 3.8) is 0 Å². The molecular formula is C25H20N4O3. The van der Waals surface area contributed by atoms with E-state index in [1.54, 1.807) is 22.8 Å². The van der Waals surface area contributed by atoms with Crippen LogP contribution in [0.15, 0.2) is 93.0 Å². The number of hydrogen-bond acceptors (Lipinski definition) is 5. The fourth-order valence-electron chi connectivity index (χ4n) is 3.70. The number of aryl methyl sites for hydroxylation is 1. The van der Waals surface area contributed by atoms with E-state index < -0.39 is 5.69 Å². The topological polar surface area (TPSA) is 82.9 Å². The summed E-state index contributed by atoms with van der Waals surface area (Å²) in [6.07, 6.45) is 0. The lowest BCUT2D eigenvalue weighted by atomic mass is 10.1. The van der Waals surface area contributed by atoms with Crippen LogP contribution in [-0.4, -0.2) is 19.3 Å². The predicted octanol–water partition coefficient (Wildman–Crippen LogP) is 3.62. The third-order valence-electron chi connectivity index (χ3n) is 5.39. The molecule has 0 aliphatic rings. The second-order valence-electron chi connectivity index (χ2n) is 7.64. The van der Waals surface area contributed by atoms with Gasteiger partial charge in [-0.2, -0.15) is 4.98 Å². The molecular weight excluding hydrogens is 404 g/mol. The summed E-state index contributed by atoms with van der Waals surface area (Å²) in [6, 6.07) is 24.5. The Morgan fingerprint density at radius 3 is 2.31 bits per heavy atom. The average molecular weight is 424 g/mol. The minimum absolute atomic E-state index is 0.101.